The fourth-order valence-corrected chi connectivity index (χ4v) is 1.54. The molecular formula is C9H7Cl2FO2. The Balaban J connectivity index is 3.32. The van der Waals surface area contributed by atoms with Crippen molar-refractivity contribution in [3.05, 3.63) is 33.6 Å². The third-order valence-corrected chi connectivity index (χ3v) is 2.50. The number of rotatable bonds is 2. The van der Waals surface area contributed by atoms with Gasteiger partial charge in [0.1, 0.15) is 5.82 Å². The van der Waals surface area contributed by atoms with Gasteiger partial charge in [-0.15, -0.1) is 0 Å². The maximum absolute atomic E-state index is 13.4. The lowest BCUT2D eigenvalue weighted by Crippen LogP contribution is -2.10. The van der Waals surface area contributed by atoms with Crippen molar-refractivity contribution in [1.29, 1.82) is 0 Å². The van der Waals surface area contributed by atoms with Gasteiger partial charge in [0.25, 0.3) is 0 Å². The Bertz CT molecular complexity index is 379. The molecule has 1 aromatic rings. The standard InChI is InChI=1S/C9H7Cl2FO2/c1-4(9(13)14)7-5(10)2-3-6(11)8(7)12/h2-4H,1H3,(H,13,14). The summed E-state index contributed by atoms with van der Waals surface area (Å²) in [5.41, 5.74) is -0.0772. The summed E-state index contributed by atoms with van der Waals surface area (Å²) < 4.78 is 13.4. The van der Waals surface area contributed by atoms with Gasteiger partial charge >= 0.3 is 5.97 Å². The van der Waals surface area contributed by atoms with Crippen molar-refractivity contribution in [1.82, 2.24) is 0 Å². The maximum Gasteiger partial charge on any atom is 0.310 e. The van der Waals surface area contributed by atoms with Crippen LogP contribution in [0.15, 0.2) is 12.1 Å². The molecule has 0 aromatic heterocycles. The van der Waals surface area contributed by atoms with E-state index in [2.05, 4.69) is 0 Å². The average Bonchev–Trinajstić information content (AvgIpc) is 2.12. The molecule has 0 radical (unpaired) electrons. The van der Waals surface area contributed by atoms with E-state index in [-0.39, 0.29) is 15.6 Å². The average molecular weight is 237 g/mol. The smallest absolute Gasteiger partial charge is 0.310 e. The minimum absolute atomic E-state index is 0.0711. The third-order valence-electron chi connectivity index (χ3n) is 1.88. The lowest BCUT2D eigenvalue weighted by Gasteiger charge is -2.10. The molecule has 1 N–H and O–H groups in total. The molecule has 0 amide bonds. The Labute approximate surface area is 90.3 Å². The van der Waals surface area contributed by atoms with Crippen LogP contribution in [0.25, 0.3) is 0 Å². The highest BCUT2D eigenvalue weighted by Crippen LogP contribution is 2.31. The molecule has 1 rings (SSSR count). The molecule has 14 heavy (non-hydrogen) atoms. The van der Waals surface area contributed by atoms with Gasteiger partial charge in [-0.1, -0.05) is 23.2 Å². The first kappa shape index (κ1) is 11.3. The maximum atomic E-state index is 13.4. The number of aliphatic carboxylic acids is 1. The van der Waals surface area contributed by atoms with Gasteiger partial charge < -0.3 is 5.11 Å². The summed E-state index contributed by atoms with van der Waals surface area (Å²) >= 11 is 11.2. The first-order valence-corrected chi connectivity index (χ1v) is 4.57. The van der Waals surface area contributed by atoms with Crippen molar-refractivity contribution in [2.45, 2.75) is 12.8 Å². The normalized spacial score (nSPS) is 12.6. The summed E-state index contributed by atoms with van der Waals surface area (Å²) in [6.07, 6.45) is 0. The Morgan fingerprint density at radius 2 is 1.93 bits per heavy atom. The number of benzene rings is 1. The minimum Gasteiger partial charge on any atom is -0.481 e. The highest BCUT2D eigenvalue weighted by molar-refractivity contribution is 6.34. The van der Waals surface area contributed by atoms with Gasteiger partial charge in [0.15, 0.2) is 0 Å². The van der Waals surface area contributed by atoms with E-state index < -0.39 is 17.7 Å². The molecular weight excluding hydrogens is 230 g/mol. The lowest BCUT2D eigenvalue weighted by molar-refractivity contribution is -0.138. The van der Waals surface area contributed by atoms with E-state index >= 15 is 0 Å². The van der Waals surface area contributed by atoms with Gasteiger partial charge in [-0.25, -0.2) is 4.39 Å². The van der Waals surface area contributed by atoms with Crippen LogP contribution >= 0.6 is 23.2 Å². The fraction of sp³-hybridized carbons (Fsp3) is 0.222. The van der Waals surface area contributed by atoms with Crippen LogP contribution in [0.2, 0.25) is 10.0 Å². The van der Waals surface area contributed by atoms with Gasteiger partial charge in [0.05, 0.1) is 10.9 Å². The highest BCUT2D eigenvalue weighted by atomic mass is 35.5. The van der Waals surface area contributed by atoms with Crippen molar-refractivity contribution < 1.29 is 14.3 Å². The van der Waals surface area contributed by atoms with Crippen LogP contribution in [0.4, 0.5) is 4.39 Å². The van der Waals surface area contributed by atoms with Gasteiger partial charge in [-0.2, -0.15) is 0 Å². The highest BCUT2D eigenvalue weighted by Gasteiger charge is 2.22. The van der Waals surface area contributed by atoms with Crippen molar-refractivity contribution in [2.75, 3.05) is 0 Å². The SMILES string of the molecule is CC(C(=O)O)c1c(Cl)ccc(Cl)c1F. The van der Waals surface area contributed by atoms with Crippen molar-refractivity contribution in [2.24, 2.45) is 0 Å². The zero-order valence-corrected chi connectivity index (χ0v) is 8.73. The molecule has 1 atom stereocenters. The van der Waals surface area contributed by atoms with E-state index in [4.69, 9.17) is 28.3 Å². The van der Waals surface area contributed by atoms with Crippen molar-refractivity contribution in [3.8, 4) is 0 Å². The van der Waals surface area contributed by atoms with E-state index in [0.29, 0.717) is 0 Å². The molecule has 0 aliphatic rings. The molecule has 0 bridgehead atoms. The van der Waals surface area contributed by atoms with E-state index in [1.54, 1.807) is 0 Å². The van der Waals surface area contributed by atoms with Crippen molar-refractivity contribution >= 4 is 29.2 Å². The number of hydrogen-bond acceptors (Lipinski definition) is 1. The first-order valence-electron chi connectivity index (χ1n) is 3.81. The number of carbonyl (C=O) groups is 1. The fourth-order valence-electron chi connectivity index (χ4n) is 1.06. The summed E-state index contributed by atoms with van der Waals surface area (Å²) in [5, 5.41) is 8.65. The van der Waals surface area contributed by atoms with E-state index in [9.17, 15) is 9.18 Å². The molecule has 0 aliphatic heterocycles. The number of hydrogen-bond donors (Lipinski definition) is 1. The van der Waals surface area contributed by atoms with Crippen LogP contribution < -0.4 is 0 Å². The molecule has 5 heteroatoms. The molecule has 0 aliphatic carbocycles. The van der Waals surface area contributed by atoms with Gasteiger partial charge in [-0.3, -0.25) is 4.79 Å². The zero-order chi connectivity index (χ0) is 10.9. The number of carboxylic acid groups (broad SMARTS) is 1. The van der Waals surface area contributed by atoms with Crippen LogP contribution in [-0.4, -0.2) is 11.1 Å². The Kier molecular flexibility index (Phi) is 3.34. The van der Waals surface area contributed by atoms with Crippen LogP contribution in [-0.2, 0) is 4.79 Å². The Morgan fingerprint density at radius 1 is 1.43 bits per heavy atom. The Hall–Kier alpha value is -0.800. The van der Waals surface area contributed by atoms with Gasteiger partial charge in [0.2, 0.25) is 0 Å². The topological polar surface area (TPSA) is 37.3 Å². The molecule has 2 nitrogen and oxygen atoms in total. The van der Waals surface area contributed by atoms with Gasteiger partial charge in [-0.05, 0) is 19.1 Å². The molecule has 1 unspecified atom stereocenters. The lowest BCUT2D eigenvalue weighted by atomic mass is 10.0. The summed E-state index contributed by atoms with van der Waals surface area (Å²) in [6, 6.07) is 2.67. The third kappa shape index (κ3) is 1.99. The quantitative estimate of drug-likeness (QED) is 0.801. The van der Waals surface area contributed by atoms with Crippen LogP contribution in [0, 0.1) is 5.82 Å². The second-order valence-corrected chi connectivity index (χ2v) is 3.63. The van der Waals surface area contributed by atoms with Crippen LogP contribution in [0.3, 0.4) is 0 Å². The second-order valence-electron chi connectivity index (χ2n) is 2.82. The predicted molar refractivity (Wildman–Crippen MR) is 52.5 cm³/mol. The largest absolute Gasteiger partial charge is 0.481 e. The number of halogens is 3. The molecule has 0 heterocycles. The molecule has 0 saturated heterocycles. The predicted octanol–water partition coefficient (Wildman–Crippen LogP) is 3.32. The zero-order valence-electron chi connectivity index (χ0n) is 7.22. The molecule has 1 aromatic carbocycles. The first-order chi connectivity index (χ1) is 6.45. The summed E-state index contributed by atoms with van der Waals surface area (Å²) in [4.78, 5) is 10.6. The summed E-state index contributed by atoms with van der Waals surface area (Å²) in [7, 11) is 0. The number of carboxylic acids is 1. The summed E-state index contributed by atoms with van der Waals surface area (Å²) in [6.45, 7) is 1.35. The molecule has 0 fully saturated rings. The van der Waals surface area contributed by atoms with Gasteiger partial charge in [0, 0.05) is 10.6 Å². The van der Waals surface area contributed by atoms with Crippen LogP contribution in [0.1, 0.15) is 18.4 Å². The molecule has 76 valence electrons. The van der Waals surface area contributed by atoms with Crippen LogP contribution in [0.5, 0.6) is 0 Å². The van der Waals surface area contributed by atoms with E-state index in [1.807, 2.05) is 0 Å². The van der Waals surface area contributed by atoms with E-state index in [0.717, 1.165) is 0 Å². The molecule has 0 saturated carbocycles. The Morgan fingerprint density at radius 3 is 2.43 bits per heavy atom. The van der Waals surface area contributed by atoms with Crippen molar-refractivity contribution in [3.63, 3.8) is 0 Å². The van der Waals surface area contributed by atoms with E-state index in [1.165, 1.54) is 19.1 Å². The summed E-state index contributed by atoms with van der Waals surface area (Å²) in [5.74, 6) is -2.93. The monoisotopic (exact) mass is 236 g/mol. The second kappa shape index (κ2) is 4.15. The minimum atomic E-state index is -1.15. The molecule has 0 spiro atoms.